The number of nitrogens with zero attached hydrogens (tertiary/aromatic N) is 5. The molecular formula is C21H16Cl3F3N6O2. The van der Waals surface area contributed by atoms with Crippen LogP contribution in [0.1, 0.15) is 17.2 Å². The number of alkyl halides is 3. The van der Waals surface area contributed by atoms with Gasteiger partial charge in [0.05, 0.1) is 6.54 Å². The summed E-state index contributed by atoms with van der Waals surface area (Å²) < 4.78 is 40.7. The number of hydrogen-bond donors (Lipinski definition) is 2. The normalized spacial score (nSPS) is 12.8. The monoisotopic (exact) mass is 546 g/mol. The molecule has 4 aromatic rings. The Balaban J connectivity index is 1.65. The van der Waals surface area contributed by atoms with Crippen LogP contribution in [0.4, 0.5) is 13.2 Å². The number of aliphatic hydroxyl groups excluding tert-OH is 1. The number of H-pyrrole nitrogens is 1. The lowest BCUT2D eigenvalue weighted by molar-refractivity contribution is -0.207. The first-order chi connectivity index (χ1) is 16.5. The zero-order valence-electron chi connectivity index (χ0n) is 17.6. The Bertz CT molecular complexity index is 1380. The molecule has 2 aromatic carbocycles. The second-order valence-corrected chi connectivity index (χ2v) is 8.76. The van der Waals surface area contributed by atoms with E-state index in [1.165, 1.54) is 24.3 Å². The van der Waals surface area contributed by atoms with Gasteiger partial charge >= 0.3 is 11.9 Å². The molecule has 0 bridgehead atoms. The van der Waals surface area contributed by atoms with Crippen LogP contribution in [0.15, 0.2) is 47.3 Å². The van der Waals surface area contributed by atoms with E-state index < -0.39 is 24.5 Å². The molecule has 184 valence electrons. The van der Waals surface area contributed by atoms with E-state index in [0.29, 0.717) is 32.0 Å². The van der Waals surface area contributed by atoms with Crippen molar-refractivity contribution in [3.05, 3.63) is 85.2 Å². The summed E-state index contributed by atoms with van der Waals surface area (Å²) in [6.45, 7) is -1.25. The number of rotatable bonds is 7. The zero-order valence-corrected chi connectivity index (χ0v) is 19.9. The van der Waals surface area contributed by atoms with Crippen molar-refractivity contribution >= 4 is 34.8 Å². The highest BCUT2D eigenvalue weighted by atomic mass is 35.5. The van der Waals surface area contributed by atoms with Gasteiger partial charge in [0, 0.05) is 27.1 Å². The lowest BCUT2D eigenvalue weighted by Crippen LogP contribution is -2.37. The molecule has 2 heterocycles. The second-order valence-electron chi connectivity index (χ2n) is 7.51. The Morgan fingerprint density at radius 3 is 2.34 bits per heavy atom. The third kappa shape index (κ3) is 5.69. The fourth-order valence-corrected chi connectivity index (χ4v) is 3.94. The first-order valence-electron chi connectivity index (χ1n) is 10.0. The molecular weight excluding hydrogens is 532 g/mol. The molecule has 14 heteroatoms. The van der Waals surface area contributed by atoms with Gasteiger partial charge in [0.2, 0.25) is 0 Å². The Morgan fingerprint density at radius 2 is 1.71 bits per heavy atom. The number of aromatic nitrogens is 6. The molecule has 0 amide bonds. The van der Waals surface area contributed by atoms with Gasteiger partial charge in [-0.25, -0.2) is 14.5 Å². The maximum absolute atomic E-state index is 13.0. The molecule has 2 aromatic heterocycles. The van der Waals surface area contributed by atoms with Crippen molar-refractivity contribution < 1.29 is 18.3 Å². The Kier molecular flexibility index (Phi) is 7.22. The predicted molar refractivity (Wildman–Crippen MR) is 124 cm³/mol. The first kappa shape index (κ1) is 25.2. The molecule has 1 atom stereocenters. The van der Waals surface area contributed by atoms with Crippen molar-refractivity contribution in [1.29, 1.82) is 0 Å². The zero-order chi connectivity index (χ0) is 25.3. The van der Waals surface area contributed by atoms with Gasteiger partial charge < -0.3 is 5.11 Å². The van der Waals surface area contributed by atoms with Gasteiger partial charge in [0.15, 0.2) is 17.8 Å². The highest BCUT2D eigenvalue weighted by Crippen LogP contribution is 2.26. The van der Waals surface area contributed by atoms with Crippen LogP contribution in [0.2, 0.25) is 15.1 Å². The summed E-state index contributed by atoms with van der Waals surface area (Å²) in [5, 5.41) is 21.8. The van der Waals surface area contributed by atoms with E-state index in [9.17, 15) is 23.1 Å². The molecule has 35 heavy (non-hydrogen) atoms. The Hall–Kier alpha value is -2.86. The minimum atomic E-state index is -4.92. The average Bonchev–Trinajstić information content (AvgIpc) is 3.36. The highest BCUT2D eigenvalue weighted by Gasteiger charge is 2.39. The van der Waals surface area contributed by atoms with E-state index in [-0.39, 0.29) is 24.6 Å². The summed E-state index contributed by atoms with van der Waals surface area (Å²) in [6.07, 6.45) is -7.47. The molecule has 0 aliphatic heterocycles. The lowest BCUT2D eigenvalue weighted by atomic mass is 10.1. The Morgan fingerprint density at radius 1 is 1.06 bits per heavy atom. The summed E-state index contributed by atoms with van der Waals surface area (Å²) in [4.78, 5) is 17.3. The SMILES string of the molecule is O=c1n(Cc2nc(Cc3c(Cl)cccc3Cl)n[nH]2)nc(-c2ccc(Cl)cc2)n1CC(O)C(F)(F)F. The smallest absolute Gasteiger partial charge is 0.382 e. The van der Waals surface area contributed by atoms with Crippen LogP contribution in [0, 0.1) is 0 Å². The van der Waals surface area contributed by atoms with Gasteiger partial charge in [-0.05, 0) is 42.0 Å². The van der Waals surface area contributed by atoms with Crippen LogP contribution in [0.25, 0.3) is 11.4 Å². The van der Waals surface area contributed by atoms with Crippen LogP contribution in [0.3, 0.4) is 0 Å². The van der Waals surface area contributed by atoms with Crippen molar-refractivity contribution in [3.63, 3.8) is 0 Å². The maximum atomic E-state index is 13.0. The summed E-state index contributed by atoms with van der Waals surface area (Å²) in [6, 6.07) is 11.1. The topological polar surface area (TPSA) is 102 Å². The number of aromatic amines is 1. The molecule has 0 radical (unpaired) electrons. The number of aliphatic hydroxyl groups is 1. The second kappa shape index (κ2) is 10.0. The van der Waals surface area contributed by atoms with E-state index in [4.69, 9.17) is 34.8 Å². The summed E-state index contributed by atoms with van der Waals surface area (Å²) >= 11 is 18.3. The molecule has 0 aliphatic rings. The van der Waals surface area contributed by atoms with Crippen molar-refractivity contribution in [2.24, 2.45) is 0 Å². The Labute approximate surface area is 210 Å². The van der Waals surface area contributed by atoms with E-state index >= 15 is 0 Å². The van der Waals surface area contributed by atoms with E-state index in [1.807, 2.05) is 0 Å². The third-order valence-electron chi connectivity index (χ3n) is 5.03. The third-order valence-corrected chi connectivity index (χ3v) is 5.99. The maximum Gasteiger partial charge on any atom is 0.416 e. The number of hydrogen-bond acceptors (Lipinski definition) is 5. The molecule has 0 saturated heterocycles. The fraction of sp³-hybridized carbons (Fsp3) is 0.238. The summed E-state index contributed by atoms with van der Waals surface area (Å²) in [7, 11) is 0. The van der Waals surface area contributed by atoms with Gasteiger partial charge in [0.1, 0.15) is 12.4 Å². The molecule has 0 saturated carbocycles. The van der Waals surface area contributed by atoms with Crippen molar-refractivity contribution in [2.75, 3.05) is 0 Å². The number of nitrogens with one attached hydrogen (secondary N) is 1. The minimum Gasteiger partial charge on any atom is -0.382 e. The van der Waals surface area contributed by atoms with Gasteiger partial charge in [-0.3, -0.25) is 9.67 Å². The molecule has 2 N–H and O–H groups in total. The predicted octanol–water partition coefficient (Wildman–Crippen LogP) is 4.35. The number of benzene rings is 2. The van der Waals surface area contributed by atoms with Crippen LogP contribution < -0.4 is 5.69 Å². The standard InChI is InChI=1S/C21H16Cl3F3N6O2/c22-12-6-4-11(5-7-12)19-31-33(20(35)32(19)9-16(34)21(25,26)27)10-18-28-17(29-30-18)8-13-14(23)2-1-3-15(13)24/h1-7,16,34H,8-10H2,(H,28,29,30). The van der Waals surface area contributed by atoms with Crippen LogP contribution in [0.5, 0.6) is 0 Å². The largest absolute Gasteiger partial charge is 0.416 e. The van der Waals surface area contributed by atoms with Crippen molar-refractivity contribution in [3.8, 4) is 11.4 Å². The van der Waals surface area contributed by atoms with Gasteiger partial charge in [-0.2, -0.15) is 18.3 Å². The van der Waals surface area contributed by atoms with Crippen LogP contribution in [-0.4, -0.2) is 46.9 Å². The van der Waals surface area contributed by atoms with Crippen molar-refractivity contribution in [2.45, 2.75) is 31.8 Å². The average molecular weight is 548 g/mol. The lowest BCUT2D eigenvalue weighted by Gasteiger charge is -2.15. The van der Waals surface area contributed by atoms with Crippen molar-refractivity contribution in [1.82, 2.24) is 29.5 Å². The fourth-order valence-electron chi connectivity index (χ4n) is 3.28. The molecule has 8 nitrogen and oxygen atoms in total. The summed E-state index contributed by atoms with van der Waals surface area (Å²) in [5.41, 5.74) is 0.0885. The molecule has 0 spiro atoms. The van der Waals surface area contributed by atoms with Gasteiger partial charge in [0.25, 0.3) is 0 Å². The summed E-state index contributed by atoms with van der Waals surface area (Å²) in [5.74, 6) is 0.499. The first-order valence-corrected chi connectivity index (χ1v) is 11.2. The van der Waals surface area contributed by atoms with Crippen LogP contribution >= 0.6 is 34.8 Å². The van der Waals surface area contributed by atoms with E-state index in [2.05, 4.69) is 20.3 Å². The van der Waals surface area contributed by atoms with E-state index in [1.54, 1.807) is 18.2 Å². The molecule has 0 aliphatic carbocycles. The molecule has 1 unspecified atom stereocenters. The van der Waals surface area contributed by atoms with E-state index in [0.717, 1.165) is 9.25 Å². The van der Waals surface area contributed by atoms with Gasteiger partial charge in [-0.15, -0.1) is 5.10 Å². The highest BCUT2D eigenvalue weighted by molar-refractivity contribution is 6.36. The quantitative estimate of drug-likeness (QED) is 0.358. The number of halogens is 6. The minimum absolute atomic E-state index is 0.0717. The van der Waals surface area contributed by atoms with Gasteiger partial charge in [-0.1, -0.05) is 40.9 Å². The molecule has 4 rings (SSSR count). The van der Waals surface area contributed by atoms with Crippen LogP contribution in [-0.2, 0) is 19.5 Å². The molecule has 0 fully saturated rings.